The fourth-order valence-electron chi connectivity index (χ4n) is 1.32. The smallest absolute Gasteiger partial charge is 0.243 e. The highest BCUT2D eigenvalue weighted by atomic mass is 35.5. The zero-order valence-corrected chi connectivity index (χ0v) is 11.0. The van der Waals surface area contributed by atoms with Crippen LogP contribution in [-0.2, 0) is 14.8 Å². The standard InChI is InChI=1S/C10H13ClN2O3S/c1-7-3-4-8(11)5-9(7)17(15,16)13(2)6-10(12)14/h3-5H,6H2,1-2H3,(H2,12,14). The zero-order chi connectivity index (χ0) is 13.2. The van der Waals surface area contributed by atoms with E-state index < -0.39 is 15.9 Å². The lowest BCUT2D eigenvalue weighted by atomic mass is 10.2. The number of hydrogen-bond donors (Lipinski definition) is 1. The van der Waals surface area contributed by atoms with Crippen LogP contribution in [0.5, 0.6) is 0 Å². The number of nitrogens with two attached hydrogens (primary N) is 1. The van der Waals surface area contributed by atoms with E-state index in [2.05, 4.69) is 0 Å². The molecule has 0 aromatic heterocycles. The summed E-state index contributed by atoms with van der Waals surface area (Å²) in [5.41, 5.74) is 5.53. The second-order valence-electron chi connectivity index (χ2n) is 3.64. The minimum absolute atomic E-state index is 0.0775. The van der Waals surface area contributed by atoms with Gasteiger partial charge in [0.15, 0.2) is 0 Å². The molecule has 0 heterocycles. The van der Waals surface area contributed by atoms with Gasteiger partial charge in [-0.2, -0.15) is 4.31 Å². The van der Waals surface area contributed by atoms with Crippen LogP contribution in [0.25, 0.3) is 0 Å². The molecule has 0 bridgehead atoms. The van der Waals surface area contributed by atoms with Crippen molar-refractivity contribution in [2.24, 2.45) is 5.73 Å². The summed E-state index contributed by atoms with van der Waals surface area (Å²) in [5.74, 6) is -0.712. The summed E-state index contributed by atoms with van der Waals surface area (Å²) in [6.07, 6.45) is 0. The van der Waals surface area contributed by atoms with Gasteiger partial charge in [-0.3, -0.25) is 4.79 Å². The molecule has 0 saturated heterocycles. The summed E-state index contributed by atoms with van der Waals surface area (Å²) in [6.45, 7) is 1.29. The molecule has 94 valence electrons. The number of carbonyl (C=O) groups is 1. The number of amides is 1. The van der Waals surface area contributed by atoms with E-state index in [9.17, 15) is 13.2 Å². The minimum atomic E-state index is -3.74. The Morgan fingerprint density at radius 3 is 2.59 bits per heavy atom. The normalized spacial score (nSPS) is 11.8. The molecule has 0 unspecified atom stereocenters. The maximum absolute atomic E-state index is 12.1. The van der Waals surface area contributed by atoms with Crippen LogP contribution >= 0.6 is 11.6 Å². The first-order chi connectivity index (χ1) is 7.75. The van der Waals surface area contributed by atoms with E-state index in [-0.39, 0.29) is 11.4 Å². The first-order valence-corrected chi connectivity index (χ1v) is 6.57. The molecular formula is C10H13ClN2O3S. The second kappa shape index (κ2) is 5.03. The molecule has 0 aliphatic rings. The molecule has 1 rings (SSSR count). The van der Waals surface area contributed by atoms with Crippen LogP contribution in [0.1, 0.15) is 5.56 Å². The third kappa shape index (κ3) is 3.18. The third-order valence-corrected chi connectivity index (χ3v) is 4.40. The number of rotatable bonds is 4. The molecule has 17 heavy (non-hydrogen) atoms. The molecule has 0 spiro atoms. The molecule has 1 aromatic carbocycles. The second-order valence-corrected chi connectivity index (χ2v) is 6.09. The van der Waals surface area contributed by atoms with Gasteiger partial charge < -0.3 is 5.73 Å². The van der Waals surface area contributed by atoms with Gasteiger partial charge in [0.05, 0.1) is 11.4 Å². The quantitative estimate of drug-likeness (QED) is 0.881. The van der Waals surface area contributed by atoms with Gasteiger partial charge in [-0.25, -0.2) is 8.42 Å². The Bertz CT molecular complexity index is 542. The van der Waals surface area contributed by atoms with E-state index in [1.807, 2.05) is 0 Å². The lowest BCUT2D eigenvalue weighted by molar-refractivity contribution is -0.118. The Morgan fingerprint density at radius 1 is 1.47 bits per heavy atom. The SMILES string of the molecule is Cc1ccc(Cl)cc1S(=O)(=O)N(C)CC(N)=O. The highest BCUT2D eigenvalue weighted by molar-refractivity contribution is 7.89. The Labute approximate surface area is 105 Å². The van der Waals surface area contributed by atoms with Crippen molar-refractivity contribution in [2.75, 3.05) is 13.6 Å². The zero-order valence-electron chi connectivity index (χ0n) is 9.47. The van der Waals surface area contributed by atoms with E-state index >= 15 is 0 Å². The third-order valence-electron chi connectivity index (χ3n) is 2.22. The number of sulfonamides is 1. The highest BCUT2D eigenvalue weighted by Gasteiger charge is 2.24. The fourth-order valence-corrected chi connectivity index (χ4v) is 2.94. The summed E-state index contributed by atoms with van der Waals surface area (Å²) < 4.78 is 25.1. The summed E-state index contributed by atoms with van der Waals surface area (Å²) in [6, 6.07) is 4.56. The molecule has 1 aromatic rings. The molecule has 5 nitrogen and oxygen atoms in total. The number of likely N-dealkylation sites (N-methyl/N-ethyl adjacent to an activating group) is 1. The molecule has 7 heteroatoms. The van der Waals surface area contributed by atoms with Crippen molar-refractivity contribution in [3.8, 4) is 0 Å². The number of carbonyl (C=O) groups excluding carboxylic acids is 1. The van der Waals surface area contributed by atoms with Crippen LogP contribution in [0.15, 0.2) is 23.1 Å². The largest absolute Gasteiger partial charge is 0.369 e. The lowest BCUT2D eigenvalue weighted by Crippen LogP contribution is -2.35. The van der Waals surface area contributed by atoms with E-state index in [0.717, 1.165) is 4.31 Å². The fraction of sp³-hybridized carbons (Fsp3) is 0.300. The van der Waals surface area contributed by atoms with Crippen molar-refractivity contribution in [1.29, 1.82) is 0 Å². The van der Waals surface area contributed by atoms with Gasteiger partial charge in [-0.15, -0.1) is 0 Å². The molecular weight excluding hydrogens is 264 g/mol. The molecule has 0 radical (unpaired) electrons. The van der Waals surface area contributed by atoms with Crippen molar-refractivity contribution in [3.63, 3.8) is 0 Å². The Balaban J connectivity index is 3.21. The Morgan fingerprint density at radius 2 is 2.06 bits per heavy atom. The van der Waals surface area contributed by atoms with Crippen LogP contribution in [0.2, 0.25) is 5.02 Å². The number of hydrogen-bond acceptors (Lipinski definition) is 3. The average Bonchev–Trinajstić information content (AvgIpc) is 2.20. The molecule has 2 N–H and O–H groups in total. The molecule has 0 aliphatic heterocycles. The molecule has 0 fully saturated rings. The topological polar surface area (TPSA) is 80.5 Å². The van der Waals surface area contributed by atoms with E-state index in [0.29, 0.717) is 10.6 Å². The summed E-state index contributed by atoms with van der Waals surface area (Å²) in [5, 5.41) is 0.321. The predicted octanol–water partition coefficient (Wildman–Crippen LogP) is 0.754. The van der Waals surface area contributed by atoms with E-state index in [4.69, 9.17) is 17.3 Å². The van der Waals surface area contributed by atoms with Gasteiger partial charge in [-0.1, -0.05) is 17.7 Å². The lowest BCUT2D eigenvalue weighted by Gasteiger charge is -2.17. The van der Waals surface area contributed by atoms with Crippen molar-refractivity contribution >= 4 is 27.5 Å². The van der Waals surface area contributed by atoms with Gasteiger partial charge in [0.1, 0.15) is 0 Å². The molecule has 1 amide bonds. The van der Waals surface area contributed by atoms with Crippen molar-refractivity contribution in [3.05, 3.63) is 28.8 Å². The van der Waals surface area contributed by atoms with Crippen LogP contribution < -0.4 is 5.73 Å². The van der Waals surface area contributed by atoms with Gasteiger partial charge in [0, 0.05) is 12.1 Å². The Kier molecular flexibility index (Phi) is 4.13. The average molecular weight is 277 g/mol. The first-order valence-electron chi connectivity index (χ1n) is 4.76. The van der Waals surface area contributed by atoms with Crippen LogP contribution in [0, 0.1) is 6.92 Å². The number of aryl methyl sites for hydroxylation is 1. The Hall–Kier alpha value is -1.11. The molecule has 0 aliphatic carbocycles. The van der Waals surface area contributed by atoms with Gasteiger partial charge in [-0.05, 0) is 24.6 Å². The summed E-state index contributed by atoms with van der Waals surface area (Å²) in [4.78, 5) is 10.8. The number of halogens is 1. The van der Waals surface area contributed by atoms with Crippen LogP contribution in [0.4, 0.5) is 0 Å². The van der Waals surface area contributed by atoms with E-state index in [1.165, 1.54) is 13.1 Å². The number of nitrogens with zero attached hydrogens (tertiary/aromatic N) is 1. The van der Waals surface area contributed by atoms with Gasteiger partial charge in [0.2, 0.25) is 15.9 Å². The van der Waals surface area contributed by atoms with Crippen molar-refractivity contribution in [1.82, 2.24) is 4.31 Å². The minimum Gasteiger partial charge on any atom is -0.369 e. The maximum atomic E-state index is 12.1. The van der Waals surface area contributed by atoms with Crippen LogP contribution in [0.3, 0.4) is 0 Å². The highest BCUT2D eigenvalue weighted by Crippen LogP contribution is 2.22. The van der Waals surface area contributed by atoms with E-state index in [1.54, 1.807) is 19.1 Å². The maximum Gasteiger partial charge on any atom is 0.243 e. The van der Waals surface area contributed by atoms with Crippen molar-refractivity contribution in [2.45, 2.75) is 11.8 Å². The first kappa shape index (κ1) is 14.0. The van der Waals surface area contributed by atoms with Crippen LogP contribution in [-0.4, -0.2) is 32.2 Å². The number of primary amides is 1. The van der Waals surface area contributed by atoms with Gasteiger partial charge >= 0.3 is 0 Å². The molecule has 0 saturated carbocycles. The molecule has 0 atom stereocenters. The monoisotopic (exact) mass is 276 g/mol. The van der Waals surface area contributed by atoms with Gasteiger partial charge in [0.25, 0.3) is 0 Å². The predicted molar refractivity (Wildman–Crippen MR) is 65.2 cm³/mol. The summed E-state index contributed by atoms with van der Waals surface area (Å²) in [7, 11) is -2.45. The van der Waals surface area contributed by atoms with Crippen molar-refractivity contribution < 1.29 is 13.2 Å². The summed E-state index contributed by atoms with van der Waals surface area (Å²) >= 11 is 5.76. The number of benzene rings is 1.